The van der Waals surface area contributed by atoms with Gasteiger partial charge in [0.15, 0.2) is 0 Å². The van der Waals surface area contributed by atoms with Crippen LogP contribution in [-0.2, 0) is 0 Å². The van der Waals surface area contributed by atoms with Crippen molar-refractivity contribution in [3.63, 3.8) is 0 Å². The molecule has 2 unspecified atom stereocenters. The summed E-state index contributed by atoms with van der Waals surface area (Å²) in [5.41, 5.74) is 0.964. The highest BCUT2D eigenvalue weighted by atomic mass is 35.5. The van der Waals surface area contributed by atoms with E-state index in [1.54, 1.807) is 6.20 Å². The molecule has 1 aromatic rings. The van der Waals surface area contributed by atoms with Gasteiger partial charge in [-0.25, -0.2) is 4.98 Å². The summed E-state index contributed by atoms with van der Waals surface area (Å²) in [6.07, 6.45) is 2.56. The van der Waals surface area contributed by atoms with Gasteiger partial charge in [-0.05, 0) is 19.4 Å². The molecule has 0 saturated carbocycles. The zero-order valence-electron chi connectivity index (χ0n) is 9.07. The summed E-state index contributed by atoms with van der Waals surface area (Å²) in [4.78, 5) is 4.02. The average molecular weight is 229 g/mol. The molecule has 1 heterocycles. The summed E-state index contributed by atoms with van der Waals surface area (Å²) < 4.78 is 0. The van der Waals surface area contributed by atoms with E-state index in [-0.39, 0.29) is 18.7 Å². The molecular formula is C11H17ClN2O. The van der Waals surface area contributed by atoms with Crippen molar-refractivity contribution in [2.75, 3.05) is 6.61 Å². The molecule has 0 saturated heterocycles. The Hall–Kier alpha value is -0.640. The Morgan fingerprint density at radius 3 is 2.87 bits per heavy atom. The Morgan fingerprint density at radius 1 is 1.60 bits per heavy atom. The minimum Gasteiger partial charge on any atom is -0.395 e. The minimum atomic E-state index is 0.100. The highest BCUT2D eigenvalue weighted by Crippen LogP contribution is 2.20. The fourth-order valence-electron chi connectivity index (χ4n) is 1.46. The molecule has 84 valence electrons. The first-order valence-corrected chi connectivity index (χ1v) is 5.54. The van der Waals surface area contributed by atoms with Gasteiger partial charge in [0.25, 0.3) is 0 Å². The quantitative estimate of drug-likeness (QED) is 0.760. The van der Waals surface area contributed by atoms with Crippen molar-refractivity contribution in [2.45, 2.75) is 32.4 Å². The molecule has 0 radical (unpaired) electrons. The molecule has 0 aliphatic carbocycles. The van der Waals surface area contributed by atoms with Gasteiger partial charge in [-0.2, -0.15) is 0 Å². The maximum absolute atomic E-state index is 9.08. The Morgan fingerprint density at radius 2 is 2.33 bits per heavy atom. The lowest BCUT2D eigenvalue weighted by atomic mass is 10.1. The van der Waals surface area contributed by atoms with Crippen molar-refractivity contribution in [3.05, 3.63) is 29.0 Å². The van der Waals surface area contributed by atoms with Crippen LogP contribution in [0.25, 0.3) is 0 Å². The van der Waals surface area contributed by atoms with Crippen LogP contribution >= 0.6 is 11.6 Å². The number of pyridine rings is 1. The first-order chi connectivity index (χ1) is 7.19. The van der Waals surface area contributed by atoms with Gasteiger partial charge in [-0.15, -0.1) is 0 Å². The molecule has 0 bridgehead atoms. The van der Waals surface area contributed by atoms with Gasteiger partial charge >= 0.3 is 0 Å². The Labute approximate surface area is 95.5 Å². The third kappa shape index (κ3) is 3.45. The van der Waals surface area contributed by atoms with Gasteiger partial charge in [0.2, 0.25) is 0 Å². The molecule has 0 aliphatic rings. The molecular weight excluding hydrogens is 212 g/mol. The second-order valence-electron chi connectivity index (χ2n) is 3.56. The molecule has 1 aromatic heterocycles. The molecule has 0 spiro atoms. The van der Waals surface area contributed by atoms with Crippen LogP contribution in [0.5, 0.6) is 0 Å². The van der Waals surface area contributed by atoms with E-state index in [4.69, 9.17) is 16.7 Å². The lowest BCUT2D eigenvalue weighted by Crippen LogP contribution is -2.34. The van der Waals surface area contributed by atoms with E-state index in [9.17, 15) is 0 Å². The van der Waals surface area contributed by atoms with Gasteiger partial charge in [0, 0.05) is 23.8 Å². The highest BCUT2D eigenvalue weighted by molar-refractivity contribution is 6.30. The van der Waals surface area contributed by atoms with Gasteiger partial charge < -0.3 is 10.4 Å². The van der Waals surface area contributed by atoms with Crippen LogP contribution in [0.15, 0.2) is 18.3 Å². The second kappa shape index (κ2) is 6.05. The number of aliphatic hydroxyl groups excluding tert-OH is 1. The Kier molecular flexibility index (Phi) is 5.02. The number of rotatable bonds is 5. The summed E-state index contributed by atoms with van der Waals surface area (Å²) in [5.74, 6) is 0. The number of hydrogen-bond donors (Lipinski definition) is 2. The molecule has 2 N–H and O–H groups in total. The van der Waals surface area contributed by atoms with Crippen LogP contribution in [0.3, 0.4) is 0 Å². The van der Waals surface area contributed by atoms with Crippen molar-refractivity contribution >= 4 is 11.6 Å². The third-order valence-corrected chi connectivity index (χ3v) is 2.77. The van der Waals surface area contributed by atoms with Crippen molar-refractivity contribution in [2.24, 2.45) is 0 Å². The Balaban J connectivity index is 2.68. The summed E-state index contributed by atoms with van der Waals surface area (Å²) in [7, 11) is 0. The largest absolute Gasteiger partial charge is 0.395 e. The van der Waals surface area contributed by atoms with E-state index >= 15 is 0 Å². The zero-order chi connectivity index (χ0) is 11.3. The minimum absolute atomic E-state index is 0.100. The molecule has 1 rings (SSSR count). The number of hydrogen-bond acceptors (Lipinski definition) is 3. The normalized spacial score (nSPS) is 14.9. The fourth-order valence-corrected chi connectivity index (χ4v) is 1.75. The Bertz CT molecular complexity index is 302. The number of nitrogens with one attached hydrogen (secondary N) is 1. The monoisotopic (exact) mass is 228 g/mol. The zero-order valence-corrected chi connectivity index (χ0v) is 9.83. The van der Waals surface area contributed by atoms with Gasteiger partial charge in [-0.1, -0.05) is 24.6 Å². The van der Waals surface area contributed by atoms with Crippen LogP contribution in [0, 0.1) is 0 Å². The molecule has 15 heavy (non-hydrogen) atoms. The van der Waals surface area contributed by atoms with E-state index in [2.05, 4.69) is 10.3 Å². The molecule has 2 atom stereocenters. The summed E-state index contributed by atoms with van der Waals surface area (Å²) in [6.45, 7) is 4.19. The van der Waals surface area contributed by atoms with Gasteiger partial charge in [-0.3, -0.25) is 0 Å². The molecule has 0 fully saturated rings. The second-order valence-corrected chi connectivity index (χ2v) is 3.92. The molecule has 0 amide bonds. The predicted molar refractivity (Wildman–Crippen MR) is 62.0 cm³/mol. The van der Waals surface area contributed by atoms with Gasteiger partial charge in [0.1, 0.15) is 5.15 Å². The molecule has 0 aromatic carbocycles. The number of nitrogens with zero attached hydrogens (tertiary/aromatic N) is 1. The van der Waals surface area contributed by atoms with Crippen LogP contribution in [-0.4, -0.2) is 22.7 Å². The molecule has 3 nitrogen and oxygen atoms in total. The maximum atomic E-state index is 9.08. The SMILES string of the molecule is CCC(CO)NC(C)c1cccnc1Cl. The topological polar surface area (TPSA) is 45.1 Å². The van der Waals surface area contributed by atoms with Crippen molar-refractivity contribution in [1.82, 2.24) is 10.3 Å². The summed E-state index contributed by atoms with van der Waals surface area (Å²) in [5, 5.41) is 12.9. The summed E-state index contributed by atoms with van der Waals surface area (Å²) in [6, 6.07) is 4.01. The van der Waals surface area contributed by atoms with E-state index in [1.807, 2.05) is 26.0 Å². The standard InChI is InChI=1S/C11H17ClN2O/c1-3-9(7-15)14-8(2)10-5-4-6-13-11(10)12/h4-6,8-9,14-15H,3,7H2,1-2H3. The fraction of sp³-hybridized carbons (Fsp3) is 0.545. The lowest BCUT2D eigenvalue weighted by molar-refractivity contribution is 0.230. The van der Waals surface area contributed by atoms with Crippen LogP contribution in [0.1, 0.15) is 31.9 Å². The van der Waals surface area contributed by atoms with E-state index < -0.39 is 0 Å². The summed E-state index contributed by atoms with van der Waals surface area (Å²) >= 11 is 5.98. The van der Waals surface area contributed by atoms with Crippen molar-refractivity contribution < 1.29 is 5.11 Å². The van der Waals surface area contributed by atoms with E-state index in [0.717, 1.165) is 12.0 Å². The van der Waals surface area contributed by atoms with Crippen LogP contribution in [0.4, 0.5) is 0 Å². The molecule has 0 aliphatic heterocycles. The average Bonchev–Trinajstić information content (AvgIpc) is 2.26. The lowest BCUT2D eigenvalue weighted by Gasteiger charge is -2.21. The molecule has 4 heteroatoms. The number of aliphatic hydroxyl groups is 1. The van der Waals surface area contributed by atoms with E-state index in [1.165, 1.54) is 0 Å². The maximum Gasteiger partial charge on any atom is 0.133 e. The number of aromatic nitrogens is 1. The first-order valence-electron chi connectivity index (χ1n) is 5.16. The van der Waals surface area contributed by atoms with E-state index in [0.29, 0.717) is 5.15 Å². The van der Waals surface area contributed by atoms with Crippen LogP contribution < -0.4 is 5.32 Å². The third-order valence-electron chi connectivity index (χ3n) is 2.45. The van der Waals surface area contributed by atoms with Gasteiger partial charge in [0.05, 0.1) is 6.61 Å². The van der Waals surface area contributed by atoms with Crippen molar-refractivity contribution in [1.29, 1.82) is 0 Å². The first kappa shape index (κ1) is 12.4. The smallest absolute Gasteiger partial charge is 0.133 e. The van der Waals surface area contributed by atoms with Crippen LogP contribution in [0.2, 0.25) is 5.15 Å². The highest BCUT2D eigenvalue weighted by Gasteiger charge is 2.13. The number of halogens is 1. The predicted octanol–water partition coefficient (Wildman–Crippen LogP) is 2.16. The van der Waals surface area contributed by atoms with Crippen molar-refractivity contribution in [3.8, 4) is 0 Å².